The Morgan fingerprint density at radius 2 is 1.70 bits per heavy atom. The molecule has 33 heavy (non-hydrogen) atoms. The summed E-state index contributed by atoms with van der Waals surface area (Å²) in [6.45, 7) is 3.48. The van der Waals surface area contributed by atoms with E-state index in [1.807, 2.05) is 0 Å². The predicted molar refractivity (Wildman–Crippen MR) is 127 cm³/mol. The second kappa shape index (κ2) is 10.6. The largest absolute Gasteiger partial charge is 0.497 e. The quantitative estimate of drug-likeness (QED) is 0.462. The number of thiophene rings is 1. The average molecular weight is 469 g/mol. The Kier molecular flexibility index (Phi) is 7.68. The molecule has 0 spiro atoms. The zero-order valence-corrected chi connectivity index (χ0v) is 19.5. The van der Waals surface area contributed by atoms with Crippen LogP contribution < -0.4 is 20.1 Å². The molecule has 9 heteroatoms. The van der Waals surface area contributed by atoms with E-state index in [2.05, 4.69) is 10.6 Å². The van der Waals surface area contributed by atoms with Crippen LogP contribution in [0.25, 0.3) is 0 Å². The summed E-state index contributed by atoms with van der Waals surface area (Å²) in [4.78, 5) is 38.9. The first-order valence-electron chi connectivity index (χ1n) is 10.1. The van der Waals surface area contributed by atoms with Crippen LogP contribution in [-0.4, -0.2) is 38.6 Å². The highest BCUT2D eigenvalue weighted by molar-refractivity contribution is 7.19. The van der Waals surface area contributed by atoms with Crippen molar-refractivity contribution in [2.24, 2.45) is 0 Å². The molecule has 0 unspecified atom stereocenters. The Hall–Kier alpha value is -3.85. The van der Waals surface area contributed by atoms with Crippen LogP contribution in [0.15, 0.2) is 48.5 Å². The van der Waals surface area contributed by atoms with E-state index in [0.717, 1.165) is 11.3 Å². The van der Waals surface area contributed by atoms with Gasteiger partial charge in [-0.05, 0) is 43.7 Å². The highest BCUT2D eigenvalue weighted by atomic mass is 32.1. The number of hydrogen-bond donors (Lipinski definition) is 2. The predicted octanol–water partition coefficient (Wildman–Crippen LogP) is 4.76. The Labute approximate surface area is 195 Å². The maximum atomic E-state index is 13.0. The summed E-state index contributed by atoms with van der Waals surface area (Å²) in [6.07, 6.45) is 0. The summed E-state index contributed by atoms with van der Waals surface area (Å²) < 4.78 is 15.6. The van der Waals surface area contributed by atoms with Gasteiger partial charge in [-0.25, -0.2) is 4.79 Å². The molecule has 1 heterocycles. The normalized spacial score (nSPS) is 10.3. The van der Waals surface area contributed by atoms with Gasteiger partial charge in [0.15, 0.2) is 0 Å². The minimum absolute atomic E-state index is 0.140. The monoisotopic (exact) mass is 468 g/mol. The van der Waals surface area contributed by atoms with Crippen molar-refractivity contribution in [1.82, 2.24) is 0 Å². The van der Waals surface area contributed by atoms with Gasteiger partial charge in [0, 0.05) is 11.8 Å². The Balaban J connectivity index is 1.96. The van der Waals surface area contributed by atoms with Crippen LogP contribution in [-0.2, 0) is 4.74 Å². The van der Waals surface area contributed by atoms with Crippen LogP contribution in [0.2, 0.25) is 0 Å². The zero-order chi connectivity index (χ0) is 24.0. The second-order valence-electron chi connectivity index (χ2n) is 6.82. The molecule has 0 aliphatic rings. The Morgan fingerprint density at radius 1 is 0.939 bits per heavy atom. The number of ether oxygens (including phenoxy) is 3. The summed E-state index contributed by atoms with van der Waals surface area (Å²) in [5.41, 5.74) is 1.38. The zero-order valence-electron chi connectivity index (χ0n) is 18.7. The van der Waals surface area contributed by atoms with Crippen molar-refractivity contribution in [3.05, 3.63) is 70.1 Å². The number of carbonyl (C=O) groups excluding carboxylic acids is 3. The minimum Gasteiger partial charge on any atom is -0.497 e. The van der Waals surface area contributed by atoms with Gasteiger partial charge >= 0.3 is 5.97 Å². The molecule has 0 aliphatic heterocycles. The molecule has 1 aromatic heterocycles. The maximum Gasteiger partial charge on any atom is 0.341 e. The van der Waals surface area contributed by atoms with Gasteiger partial charge in [-0.15, -0.1) is 11.3 Å². The number of benzene rings is 2. The number of methoxy groups -OCH3 is 2. The molecule has 2 amide bonds. The van der Waals surface area contributed by atoms with E-state index in [4.69, 9.17) is 14.2 Å². The molecule has 3 aromatic rings. The third kappa shape index (κ3) is 5.32. The van der Waals surface area contributed by atoms with Crippen molar-refractivity contribution >= 4 is 39.8 Å². The number of anilines is 2. The highest BCUT2D eigenvalue weighted by Gasteiger charge is 2.27. The molecular formula is C24H24N2O6S. The van der Waals surface area contributed by atoms with E-state index in [0.29, 0.717) is 28.3 Å². The fourth-order valence-corrected chi connectivity index (χ4v) is 4.24. The number of nitrogens with one attached hydrogen (secondary N) is 2. The molecule has 0 bridgehead atoms. The molecule has 0 aliphatic carbocycles. The number of hydrogen-bond acceptors (Lipinski definition) is 7. The Bertz CT molecular complexity index is 1190. The molecular weight excluding hydrogens is 444 g/mol. The maximum absolute atomic E-state index is 13.0. The first-order chi connectivity index (χ1) is 15.9. The molecule has 0 saturated heterocycles. The van der Waals surface area contributed by atoms with Crippen LogP contribution in [0.4, 0.5) is 10.7 Å². The van der Waals surface area contributed by atoms with Gasteiger partial charge in [-0.3, -0.25) is 9.59 Å². The lowest BCUT2D eigenvalue weighted by Gasteiger charge is -2.09. The van der Waals surface area contributed by atoms with E-state index >= 15 is 0 Å². The van der Waals surface area contributed by atoms with Crippen molar-refractivity contribution in [3.63, 3.8) is 0 Å². The second-order valence-corrected chi connectivity index (χ2v) is 7.84. The summed E-state index contributed by atoms with van der Waals surface area (Å²) in [6, 6.07) is 13.6. The fourth-order valence-electron chi connectivity index (χ4n) is 3.16. The third-order valence-corrected chi connectivity index (χ3v) is 5.94. The molecule has 0 atom stereocenters. The summed E-state index contributed by atoms with van der Waals surface area (Å²) in [5, 5.41) is 5.75. The van der Waals surface area contributed by atoms with E-state index in [9.17, 15) is 14.4 Å². The van der Waals surface area contributed by atoms with Gasteiger partial charge in [0.2, 0.25) is 0 Å². The number of esters is 1. The van der Waals surface area contributed by atoms with Crippen molar-refractivity contribution in [2.45, 2.75) is 13.8 Å². The van der Waals surface area contributed by atoms with E-state index < -0.39 is 17.8 Å². The summed E-state index contributed by atoms with van der Waals surface area (Å²) >= 11 is 0.997. The van der Waals surface area contributed by atoms with Crippen LogP contribution >= 0.6 is 11.3 Å². The molecule has 172 valence electrons. The lowest BCUT2D eigenvalue weighted by Crippen LogP contribution is -2.15. The lowest BCUT2D eigenvalue weighted by atomic mass is 10.1. The van der Waals surface area contributed by atoms with Gasteiger partial charge in [0.25, 0.3) is 11.8 Å². The highest BCUT2D eigenvalue weighted by Crippen LogP contribution is 2.35. The molecule has 2 aromatic carbocycles. The molecule has 2 N–H and O–H groups in total. The van der Waals surface area contributed by atoms with Crippen LogP contribution in [0, 0.1) is 6.92 Å². The van der Waals surface area contributed by atoms with Crippen LogP contribution in [0.5, 0.6) is 11.5 Å². The molecule has 0 radical (unpaired) electrons. The minimum atomic E-state index is -0.623. The number of carbonyl (C=O) groups is 3. The van der Waals surface area contributed by atoms with Crippen molar-refractivity contribution in [1.29, 1.82) is 0 Å². The van der Waals surface area contributed by atoms with Gasteiger partial charge in [0.1, 0.15) is 16.5 Å². The molecule has 8 nitrogen and oxygen atoms in total. The topological polar surface area (TPSA) is 103 Å². The van der Waals surface area contributed by atoms with Gasteiger partial charge < -0.3 is 24.8 Å². The molecule has 0 saturated carbocycles. The van der Waals surface area contributed by atoms with E-state index in [1.54, 1.807) is 62.4 Å². The lowest BCUT2D eigenvalue weighted by molar-refractivity contribution is 0.0527. The van der Waals surface area contributed by atoms with Crippen LogP contribution in [0.3, 0.4) is 0 Å². The summed E-state index contributed by atoms with van der Waals surface area (Å²) in [5.74, 6) is -0.542. The SMILES string of the molecule is CCOC(=O)c1c(NC(=O)c2ccccc2OC)sc(C(=O)Nc2cccc(OC)c2)c1C. The number of rotatable bonds is 8. The average Bonchev–Trinajstić information content (AvgIpc) is 3.14. The van der Waals surface area contributed by atoms with Crippen molar-refractivity contribution in [3.8, 4) is 11.5 Å². The Morgan fingerprint density at radius 3 is 2.39 bits per heavy atom. The van der Waals surface area contributed by atoms with Gasteiger partial charge in [0.05, 0.1) is 36.8 Å². The fraction of sp³-hybridized carbons (Fsp3) is 0.208. The van der Waals surface area contributed by atoms with Gasteiger partial charge in [-0.2, -0.15) is 0 Å². The van der Waals surface area contributed by atoms with Crippen LogP contribution in [0.1, 0.15) is 42.9 Å². The standard InChI is InChI=1S/C24H24N2O6S/c1-5-32-24(29)19-14(2)20(22(28)25-15-9-8-10-16(13-15)30-3)33-23(19)26-21(27)17-11-6-7-12-18(17)31-4/h6-13H,5H2,1-4H3,(H,25,28)(H,26,27). The third-order valence-electron chi connectivity index (χ3n) is 4.74. The van der Waals surface area contributed by atoms with Crippen molar-refractivity contribution in [2.75, 3.05) is 31.5 Å². The van der Waals surface area contributed by atoms with Gasteiger partial charge in [-0.1, -0.05) is 18.2 Å². The van der Waals surface area contributed by atoms with E-state index in [-0.39, 0.29) is 22.0 Å². The van der Waals surface area contributed by atoms with Crippen molar-refractivity contribution < 1.29 is 28.6 Å². The molecule has 3 rings (SSSR count). The number of amides is 2. The first-order valence-corrected chi connectivity index (χ1v) is 10.9. The smallest absolute Gasteiger partial charge is 0.341 e. The first kappa shape index (κ1) is 23.8. The summed E-state index contributed by atoms with van der Waals surface area (Å²) in [7, 11) is 3.00. The van der Waals surface area contributed by atoms with E-state index in [1.165, 1.54) is 14.2 Å². The molecule has 0 fully saturated rings. The number of para-hydroxylation sites is 1.